The van der Waals surface area contributed by atoms with Crippen molar-refractivity contribution in [2.75, 3.05) is 6.54 Å². The van der Waals surface area contributed by atoms with Gasteiger partial charge in [0.25, 0.3) is 0 Å². The summed E-state index contributed by atoms with van der Waals surface area (Å²) in [6, 6.07) is 0. The molecule has 0 aliphatic heterocycles. The molecule has 2 saturated carbocycles. The van der Waals surface area contributed by atoms with Crippen LogP contribution in [-0.4, -0.2) is 33.3 Å². The third-order valence-corrected chi connectivity index (χ3v) is 4.12. The van der Waals surface area contributed by atoms with Crippen molar-refractivity contribution in [3.63, 3.8) is 0 Å². The fourth-order valence-corrected chi connectivity index (χ4v) is 2.39. The fourth-order valence-electron chi connectivity index (χ4n) is 2.39. The fraction of sp³-hybridized carbons (Fsp3) is 0.786. The van der Waals surface area contributed by atoms with Gasteiger partial charge in [0, 0.05) is 25.3 Å². The van der Waals surface area contributed by atoms with Crippen molar-refractivity contribution in [3.05, 3.63) is 11.7 Å². The van der Waals surface area contributed by atoms with Gasteiger partial charge in [0.05, 0.1) is 5.60 Å². The standard InChI is InChI=1S/C14H21N3O3/c18-11(15-9-14(19)7-2-8-14)3-1-4-12-16-13(17-20-12)10-5-6-10/h10,19H,1-9H2,(H,15,18). The molecule has 6 heteroatoms. The van der Waals surface area contributed by atoms with Gasteiger partial charge in [0.1, 0.15) is 0 Å². The largest absolute Gasteiger partial charge is 0.388 e. The van der Waals surface area contributed by atoms with Crippen LogP contribution in [-0.2, 0) is 11.2 Å². The van der Waals surface area contributed by atoms with Crippen molar-refractivity contribution < 1.29 is 14.4 Å². The van der Waals surface area contributed by atoms with E-state index in [1.54, 1.807) is 0 Å². The zero-order valence-electron chi connectivity index (χ0n) is 11.6. The molecule has 1 aromatic heterocycles. The van der Waals surface area contributed by atoms with Crippen LogP contribution in [0.2, 0.25) is 0 Å². The van der Waals surface area contributed by atoms with Gasteiger partial charge in [-0.2, -0.15) is 4.98 Å². The number of rotatable bonds is 7. The molecule has 3 rings (SSSR count). The second-order valence-electron chi connectivity index (χ2n) is 6.03. The summed E-state index contributed by atoms with van der Waals surface area (Å²) in [6.07, 6.45) is 6.70. The molecule has 2 fully saturated rings. The van der Waals surface area contributed by atoms with Crippen LogP contribution in [0.3, 0.4) is 0 Å². The number of aromatic nitrogens is 2. The summed E-state index contributed by atoms with van der Waals surface area (Å²) >= 11 is 0. The van der Waals surface area contributed by atoms with Crippen molar-refractivity contribution in [1.29, 1.82) is 0 Å². The quantitative estimate of drug-likeness (QED) is 0.785. The van der Waals surface area contributed by atoms with Crippen LogP contribution in [0.4, 0.5) is 0 Å². The van der Waals surface area contributed by atoms with Gasteiger partial charge in [-0.3, -0.25) is 4.79 Å². The number of carbonyl (C=O) groups is 1. The Labute approximate surface area is 117 Å². The normalized spacial score (nSPS) is 20.4. The Morgan fingerprint density at radius 3 is 2.90 bits per heavy atom. The summed E-state index contributed by atoms with van der Waals surface area (Å²) in [5.74, 6) is 1.92. The Bertz CT molecular complexity index is 478. The summed E-state index contributed by atoms with van der Waals surface area (Å²) in [6.45, 7) is 0.373. The van der Waals surface area contributed by atoms with Crippen LogP contribution in [0.5, 0.6) is 0 Å². The monoisotopic (exact) mass is 279 g/mol. The number of carbonyl (C=O) groups excluding carboxylic acids is 1. The highest BCUT2D eigenvalue weighted by molar-refractivity contribution is 5.75. The van der Waals surface area contributed by atoms with E-state index < -0.39 is 5.60 Å². The molecule has 0 aromatic carbocycles. The lowest BCUT2D eigenvalue weighted by molar-refractivity contribution is -0.123. The third-order valence-electron chi connectivity index (χ3n) is 4.12. The molecule has 110 valence electrons. The first-order chi connectivity index (χ1) is 9.65. The Balaban J connectivity index is 1.33. The minimum absolute atomic E-state index is 0.0211. The minimum atomic E-state index is -0.651. The van der Waals surface area contributed by atoms with Gasteiger partial charge in [-0.25, -0.2) is 0 Å². The summed E-state index contributed by atoms with van der Waals surface area (Å²) in [4.78, 5) is 16.0. The molecule has 2 aliphatic carbocycles. The molecule has 2 N–H and O–H groups in total. The predicted molar refractivity (Wildman–Crippen MR) is 71.0 cm³/mol. The highest BCUT2D eigenvalue weighted by Crippen LogP contribution is 2.38. The maximum Gasteiger partial charge on any atom is 0.226 e. The lowest BCUT2D eigenvalue weighted by Crippen LogP contribution is -2.47. The van der Waals surface area contributed by atoms with Gasteiger partial charge in [-0.15, -0.1) is 0 Å². The zero-order valence-corrected chi connectivity index (χ0v) is 11.6. The maximum absolute atomic E-state index is 11.7. The van der Waals surface area contributed by atoms with Crippen LogP contribution in [0, 0.1) is 0 Å². The summed E-state index contributed by atoms with van der Waals surface area (Å²) in [5.41, 5.74) is -0.651. The van der Waals surface area contributed by atoms with Crippen LogP contribution in [0.15, 0.2) is 4.52 Å². The molecule has 0 atom stereocenters. The second kappa shape index (κ2) is 5.52. The van der Waals surface area contributed by atoms with Crippen molar-refractivity contribution in [2.45, 2.75) is 62.9 Å². The molecule has 20 heavy (non-hydrogen) atoms. The van der Waals surface area contributed by atoms with Gasteiger partial charge >= 0.3 is 0 Å². The first-order valence-electron chi connectivity index (χ1n) is 7.46. The Hall–Kier alpha value is -1.43. The Morgan fingerprint density at radius 2 is 2.25 bits per heavy atom. The van der Waals surface area contributed by atoms with E-state index in [1.165, 1.54) is 0 Å². The van der Waals surface area contributed by atoms with E-state index in [4.69, 9.17) is 4.52 Å². The molecule has 0 saturated heterocycles. The third kappa shape index (κ3) is 3.36. The van der Waals surface area contributed by atoms with Crippen LogP contribution in [0.25, 0.3) is 0 Å². The molecule has 0 radical (unpaired) electrons. The number of aryl methyl sites for hydroxylation is 1. The van der Waals surface area contributed by atoms with Crippen LogP contribution >= 0.6 is 0 Å². The molecule has 1 aromatic rings. The van der Waals surface area contributed by atoms with Gasteiger partial charge in [-0.05, 0) is 38.5 Å². The topological polar surface area (TPSA) is 88.2 Å². The first kappa shape index (κ1) is 13.5. The van der Waals surface area contributed by atoms with Gasteiger partial charge < -0.3 is 14.9 Å². The molecule has 0 bridgehead atoms. The summed E-state index contributed by atoms with van der Waals surface area (Å²) in [7, 11) is 0. The molecule has 6 nitrogen and oxygen atoms in total. The average Bonchev–Trinajstić information content (AvgIpc) is 3.15. The minimum Gasteiger partial charge on any atom is -0.388 e. The number of nitrogens with one attached hydrogen (secondary N) is 1. The molecule has 1 amide bonds. The Kier molecular flexibility index (Phi) is 3.74. The second-order valence-corrected chi connectivity index (χ2v) is 6.03. The molecule has 0 spiro atoms. The lowest BCUT2D eigenvalue weighted by Gasteiger charge is -2.36. The smallest absolute Gasteiger partial charge is 0.226 e. The van der Waals surface area contributed by atoms with E-state index >= 15 is 0 Å². The van der Waals surface area contributed by atoms with E-state index in [9.17, 15) is 9.90 Å². The number of aliphatic hydroxyl groups is 1. The number of amides is 1. The average molecular weight is 279 g/mol. The molecule has 1 heterocycles. The summed E-state index contributed by atoms with van der Waals surface area (Å²) in [5, 5.41) is 16.6. The van der Waals surface area contributed by atoms with Crippen molar-refractivity contribution in [3.8, 4) is 0 Å². The van der Waals surface area contributed by atoms with Crippen molar-refractivity contribution >= 4 is 5.91 Å². The highest BCUT2D eigenvalue weighted by Gasteiger charge is 2.34. The van der Waals surface area contributed by atoms with Crippen LogP contribution in [0.1, 0.15) is 62.6 Å². The molecule has 2 aliphatic rings. The number of nitrogens with zero attached hydrogens (tertiary/aromatic N) is 2. The zero-order chi connectivity index (χ0) is 14.0. The summed E-state index contributed by atoms with van der Waals surface area (Å²) < 4.78 is 5.16. The predicted octanol–water partition coefficient (Wildman–Crippen LogP) is 1.30. The number of hydrogen-bond donors (Lipinski definition) is 2. The van der Waals surface area contributed by atoms with Crippen molar-refractivity contribution in [2.24, 2.45) is 0 Å². The highest BCUT2D eigenvalue weighted by atomic mass is 16.5. The van der Waals surface area contributed by atoms with Crippen LogP contribution < -0.4 is 5.32 Å². The van der Waals surface area contributed by atoms with Gasteiger partial charge in [-0.1, -0.05) is 5.16 Å². The van der Waals surface area contributed by atoms with Gasteiger partial charge in [0.2, 0.25) is 11.8 Å². The van der Waals surface area contributed by atoms with E-state index in [1.807, 2.05) is 0 Å². The first-order valence-corrected chi connectivity index (χ1v) is 7.46. The van der Waals surface area contributed by atoms with Crippen molar-refractivity contribution in [1.82, 2.24) is 15.5 Å². The van der Waals surface area contributed by atoms with E-state index in [0.717, 1.165) is 37.9 Å². The van der Waals surface area contributed by atoms with Gasteiger partial charge in [0.15, 0.2) is 5.82 Å². The van der Waals surface area contributed by atoms with E-state index in [2.05, 4.69) is 15.5 Å². The lowest BCUT2D eigenvalue weighted by atomic mass is 9.80. The molecule has 0 unspecified atom stereocenters. The maximum atomic E-state index is 11.7. The SMILES string of the molecule is O=C(CCCc1nc(C2CC2)no1)NCC1(O)CCC1. The number of hydrogen-bond acceptors (Lipinski definition) is 5. The molecular weight excluding hydrogens is 258 g/mol. The van der Waals surface area contributed by atoms with E-state index in [-0.39, 0.29) is 5.91 Å². The van der Waals surface area contributed by atoms with E-state index in [0.29, 0.717) is 37.6 Å². The molecular formula is C14H21N3O3. The Morgan fingerprint density at radius 1 is 1.45 bits per heavy atom.